The van der Waals surface area contributed by atoms with Crippen LogP contribution in [0.5, 0.6) is 0 Å². The Kier molecular flexibility index (Phi) is 8.57. The van der Waals surface area contributed by atoms with Crippen LogP contribution >= 0.6 is 0 Å². The van der Waals surface area contributed by atoms with Crippen molar-refractivity contribution < 1.29 is 28.9 Å². The Bertz CT molecular complexity index is 850. The van der Waals surface area contributed by atoms with Crippen LogP contribution in [0.4, 0.5) is 9.18 Å². The van der Waals surface area contributed by atoms with Gasteiger partial charge in [-0.1, -0.05) is 32.9 Å². The van der Waals surface area contributed by atoms with E-state index in [4.69, 9.17) is 4.74 Å². The number of halogens is 1. The number of amides is 2. The highest BCUT2D eigenvalue weighted by atomic mass is 19.1. The van der Waals surface area contributed by atoms with Crippen molar-refractivity contribution in [3.05, 3.63) is 35.6 Å². The van der Waals surface area contributed by atoms with Crippen molar-refractivity contribution in [1.82, 2.24) is 10.6 Å². The summed E-state index contributed by atoms with van der Waals surface area (Å²) >= 11 is 0. The van der Waals surface area contributed by atoms with Crippen molar-refractivity contribution in [2.75, 3.05) is 13.2 Å². The first-order valence-electron chi connectivity index (χ1n) is 12.4. The highest BCUT2D eigenvalue weighted by Crippen LogP contribution is 2.61. The molecule has 3 rings (SSSR count). The van der Waals surface area contributed by atoms with Crippen LogP contribution in [-0.4, -0.2) is 47.6 Å². The van der Waals surface area contributed by atoms with Crippen LogP contribution in [-0.2, 0) is 16.1 Å². The fourth-order valence-electron chi connectivity index (χ4n) is 6.25. The molecule has 0 radical (unpaired) electrons. The summed E-state index contributed by atoms with van der Waals surface area (Å²) in [6.07, 6.45) is 1.92. The summed E-state index contributed by atoms with van der Waals surface area (Å²) in [5.74, 6) is -0.784. The number of fused-ring (bicyclic) bond motifs is 1. The summed E-state index contributed by atoms with van der Waals surface area (Å²) in [7, 11) is 0. The quantitative estimate of drug-likeness (QED) is 0.457. The Labute approximate surface area is 201 Å². The van der Waals surface area contributed by atoms with Gasteiger partial charge in [0.05, 0.1) is 12.7 Å². The number of carbonyl (C=O) groups is 2. The highest BCUT2D eigenvalue weighted by molar-refractivity contribution is 5.76. The Morgan fingerprint density at radius 2 is 1.85 bits per heavy atom. The molecule has 0 spiro atoms. The summed E-state index contributed by atoms with van der Waals surface area (Å²) in [6.45, 7) is 6.70. The van der Waals surface area contributed by atoms with Crippen molar-refractivity contribution in [3.63, 3.8) is 0 Å². The molecule has 0 aliphatic heterocycles. The first-order valence-corrected chi connectivity index (χ1v) is 12.4. The molecule has 1 aromatic rings. The van der Waals surface area contributed by atoms with Crippen LogP contribution in [0.2, 0.25) is 0 Å². The predicted octanol–water partition coefficient (Wildman–Crippen LogP) is 3.52. The van der Waals surface area contributed by atoms with Crippen molar-refractivity contribution in [2.24, 2.45) is 22.7 Å². The number of rotatable bonds is 8. The fraction of sp³-hybridized carbons (Fsp3) is 0.692. The maximum Gasteiger partial charge on any atom is 0.407 e. The first kappa shape index (κ1) is 26.4. The van der Waals surface area contributed by atoms with Crippen molar-refractivity contribution in [1.29, 1.82) is 0 Å². The second-order valence-electron chi connectivity index (χ2n) is 10.4. The van der Waals surface area contributed by atoms with Crippen LogP contribution in [0.25, 0.3) is 0 Å². The Hall–Kier alpha value is -2.19. The molecule has 0 saturated heterocycles. The minimum absolute atomic E-state index is 0.0129. The van der Waals surface area contributed by atoms with Gasteiger partial charge in [-0.25, -0.2) is 9.18 Å². The second kappa shape index (κ2) is 11.0. The number of carbonyl (C=O) groups excluding carboxylic acids is 2. The molecule has 6 atom stereocenters. The number of nitrogens with one attached hydrogen (secondary N) is 2. The fourth-order valence-corrected chi connectivity index (χ4v) is 6.25. The third-order valence-corrected chi connectivity index (χ3v) is 8.25. The molecule has 0 aromatic heterocycles. The molecule has 34 heavy (non-hydrogen) atoms. The smallest absolute Gasteiger partial charge is 0.407 e. The van der Waals surface area contributed by atoms with Crippen molar-refractivity contribution in [2.45, 2.75) is 78.0 Å². The van der Waals surface area contributed by atoms with Gasteiger partial charge in [-0.15, -0.1) is 0 Å². The predicted molar refractivity (Wildman–Crippen MR) is 126 cm³/mol. The first-order chi connectivity index (χ1) is 16.1. The molecule has 190 valence electrons. The van der Waals surface area contributed by atoms with Crippen LogP contribution in [0.3, 0.4) is 0 Å². The molecule has 2 aliphatic carbocycles. The van der Waals surface area contributed by atoms with Gasteiger partial charge in [0, 0.05) is 24.9 Å². The van der Waals surface area contributed by atoms with Gasteiger partial charge in [0.15, 0.2) is 0 Å². The van der Waals surface area contributed by atoms with Crippen molar-refractivity contribution in [3.8, 4) is 0 Å². The van der Waals surface area contributed by atoms with E-state index in [1.807, 2.05) is 13.8 Å². The van der Waals surface area contributed by atoms with Gasteiger partial charge in [-0.2, -0.15) is 0 Å². The number of hydrogen-bond donors (Lipinski definition) is 4. The van der Waals surface area contributed by atoms with Gasteiger partial charge in [-0.3, -0.25) is 4.79 Å². The monoisotopic (exact) mass is 478 g/mol. The van der Waals surface area contributed by atoms with Crippen molar-refractivity contribution >= 4 is 12.0 Å². The second-order valence-corrected chi connectivity index (χ2v) is 10.4. The molecule has 2 fully saturated rings. The molecule has 0 bridgehead atoms. The lowest BCUT2D eigenvalue weighted by Crippen LogP contribution is -2.61. The van der Waals surface area contributed by atoms with Crippen LogP contribution in [0, 0.1) is 28.5 Å². The standard InChI is InChI=1S/C26H39FN2O5/c1-4-13-28-24(33)34-22-11-12-25(2)19(20(31)9-10-21(25)26(22,3)16-30)14-23(32)29-15-17-5-7-18(27)8-6-17/h5-8,19-22,30-31H,4,9-16H2,1-3H3,(H,28,33)(H,29,32)/t19-,20-,21?,22-,25+,26+/m1/s1. The van der Waals surface area contributed by atoms with E-state index < -0.39 is 23.7 Å². The summed E-state index contributed by atoms with van der Waals surface area (Å²) in [5, 5.41) is 27.0. The molecule has 2 aliphatic rings. The third-order valence-electron chi connectivity index (χ3n) is 8.25. The molecular weight excluding hydrogens is 439 g/mol. The lowest BCUT2D eigenvalue weighted by molar-refractivity contribution is -0.186. The van der Waals surface area contributed by atoms with E-state index in [9.17, 15) is 24.2 Å². The van der Waals surface area contributed by atoms with Crippen LogP contribution in [0.1, 0.15) is 64.9 Å². The molecule has 1 unspecified atom stereocenters. The molecule has 7 nitrogen and oxygen atoms in total. The third kappa shape index (κ3) is 5.54. The number of benzene rings is 1. The Morgan fingerprint density at radius 3 is 2.50 bits per heavy atom. The zero-order valence-corrected chi connectivity index (χ0v) is 20.5. The van der Waals surface area contributed by atoms with E-state index in [-0.39, 0.29) is 42.0 Å². The molecule has 2 saturated carbocycles. The van der Waals surface area contributed by atoms with E-state index in [1.54, 1.807) is 12.1 Å². The minimum atomic E-state index is -0.667. The van der Waals surface area contributed by atoms with Gasteiger partial charge in [-0.05, 0) is 67.1 Å². The molecule has 4 N–H and O–H groups in total. The van der Waals surface area contributed by atoms with Gasteiger partial charge in [0.25, 0.3) is 0 Å². The van der Waals surface area contributed by atoms with E-state index >= 15 is 0 Å². The number of hydrogen-bond acceptors (Lipinski definition) is 5. The molecule has 2 amide bonds. The van der Waals surface area contributed by atoms with Crippen LogP contribution in [0.15, 0.2) is 24.3 Å². The zero-order chi connectivity index (χ0) is 24.9. The minimum Gasteiger partial charge on any atom is -0.446 e. The van der Waals surface area contributed by atoms with E-state index in [2.05, 4.69) is 17.6 Å². The Morgan fingerprint density at radius 1 is 1.15 bits per heavy atom. The SMILES string of the molecule is CCCNC(=O)O[C@@H]1CC[C@]2(C)C(CC[C@@H](O)[C@H]2CC(=O)NCc2ccc(F)cc2)[C@]1(C)CO. The topological polar surface area (TPSA) is 108 Å². The molecule has 0 heterocycles. The molecule has 1 aromatic carbocycles. The molecule has 8 heteroatoms. The Balaban J connectivity index is 1.71. The number of aliphatic hydroxyl groups is 2. The lowest BCUT2D eigenvalue weighted by atomic mass is 9.46. The highest BCUT2D eigenvalue weighted by Gasteiger charge is 2.60. The number of alkyl carbamates (subject to hydrolysis) is 1. The van der Waals surface area contributed by atoms with Gasteiger partial charge in [0.1, 0.15) is 11.9 Å². The maximum atomic E-state index is 13.1. The summed E-state index contributed by atoms with van der Waals surface area (Å²) in [4.78, 5) is 25.1. The largest absolute Gasteiger partial charge is 0.446 e. The van der Waals surface area contributed by atoms with Gasteiger partial charge in [0.2, 0.25) is 5.91 Å². The normalized spacial score (nSPS) is 33.0. The lowest BCUT2D eigenvalue weighted by Gasteiger charge is -2.60. The van der Waals surface area contributed by atoms with Gasteiger partial charge >= 0.3 is 6.09 Å². The summed E-state index contributed by atoms with van der Waals surface area (Å²) in [5.41, 5.74) is -0.253. The van der Waals surface area contributed by atoms with Crippen LogP contribution < -0.4 is 10.6 Å². The molecular formula is C26H39FN2O5. The van der Waals surface area contributed by atoms with E-state index in [1.165, 1.54) is 12.1 Å². The average Bonchev–Trinajstić information content (AvgIpc) is 2.81. The number of ether oxygens (including phenoxy) is 1. The van der Waals surface area contributed by atoms with E-state index in [0.717, 1.165) is 12.0 Å². The maximum absolute atomic E-state index is 13.1. The summed E-state index contributed by atoms with van der Waals surface area (Å²) < 4.78 is 18.9. The number of aliphatic hydroxyl groups excluding tert-OH is 2. The summed E-state index contributed by atoms with van der Waals surface area (Å²) in [6, 6.07) is 5.98. The van der Waals surface area contributed by atoms with E-state index in [0.29, 0.717) is 38.8 Å². The average molecular weight is 479 g/mol. The zero-order valence-electron chi connectivity index (χ0n) is 20.5. The van der Waals surface area contributed by atoms with Gasteiger partial charge < -0.3 is 25.6 Å².